The van der Waals surface area contributed by atoms with E-state index >= 15 is 0 Å². The first-order valence-corrected chi connectivity index (χ1v) is 6.01. The second kappa shape index (κ2) is 4.19. The molecule has 2 atom stereocenters. The Bertz CT molecular complexity index is 183. The van der Waals surface area contributed by atoms with Crippen LogP contribution in [0.2, 0.25) is 0 Å². The van der Waals surface area contributed by atoms with Gasteiger partial charge >= 0.3 is 0 Å². The van der Waals surface area contributed by atoms with E-state index in [4.69, 9.17) is 4.74 Å². The van der Waals surface area contributed by atoms with E-state index in [1.54, 1.807) is 0 Å². The maximum absolute atomic E-state index is 10.00. The molecule has 2 rings (SSSR count). The molecule has 14 heavy (non-hydrogen) atoms. The molecule has 1 aliphatic carbocycles. The van der Waals surface area contributed by atoms with Gasteiger partial charge in [-0.05, 0) is 32.1 Å². The topological polar surface area (TPSA) is 29.5 Å². The molecule has 1 heterocycles. The average Bonchev–Trinajstić information content (AvgIpc) is 2.18. The molecular weight excluding hydrogens is 176 g/mol. The third-order valence-corrected chi connectivity index (χ3v) is 3.79. The minimum Gasteiger partial charge on any atom is -0.390 e. The van der Waals surface area contributed by atoms with Crippen molar-refractivity contribution in [2.75, 3.05) is 6.61 Å². The number of hydrogen-bond donors (Lipinski definition) is 1. The molecule has 2 nitrogen and oxygen atoms in total. The average molecular weight is 198 g/mol. The molecule has 1 saturated heterocycles. The molecule has 0 aromatic heterocycles. The Balaban J connectivity index is 1.89. The fourth-order valence-corrected chi connectivity index (χ4v) is 2.83. The molecule has 0 aromatic carbocycles. The first-order valence-electron chi connectivity index (χ1n) is 6.01. The molecule has 1 N–H and O–H groups in total. The maximum atomic E-state index is 10.00. The van der Waals surface area contributed by atoms with E-state index in [1.165, 1.54) is 32.1 Å². The van der Waals surface area contributed by atoms with Crippen LogP contribution in [-0.4, -0.2) is 23.4 Å². The molecular formula is C12H22O2. The van der Waals surface area contributed by atoms with Gasteiger partial charge in [0.05, 0.1) is 11.7 Å². The summed E-state index contributed by atoms with van der Waals surface area (Å²) >= 11 is 0. The minimum absolute atomic E-state index is 0.332. The Morgan fingerprint density at radius 1 is 1.21 bits per heavy atom. The lowest BCUT2D eigenvalue weighted by atomic mass is 9.79. The molecule has 2 fully saturated rings. The smallest absolute Gasteiger partial charge is 0.0666 e. The standard InChI is InChI=1S/C12H22O2/c1-12(13)7-8-14-11(9-12)10-5-3-2-4-6-10/h10-11,13H,2-9H2,1H3. The van der Waals surface area contributed by atoms with Gasteiger partial charge in [-0.25, -0.2) is 0 Å². The highest BCUT2D eigenvalue weighted by atomic mass is 16.5. The Kier molecular flexibility index (Phi) is 3.13. The van der Waals surface area contributed by atoms with Crippen LogP contribution >= 0.6 is 0 Å². The van der Waals surface area contributed by atoms with Gasteiger partial charge in [-0.2, -0.15) is 0 Å². The number of hydrogen-bond acceptors (Lipinski definition) is 2. The summed E-state index contributed by atoms with van der Waals surface area (Å²) in [7, 11) is 0. The molecule has 2 aliphatic rings. The molecule has 0 aromatic rings. The van der Waals surface area contributed by atoms with Gasteiger partial charge in [-0.15, -0.1) is 0 Å². The van der Waals surface area contributed by atoms with Crippen LogP contribution in [0.4, 0.5) is 0 Å². The van der Waals surface area contributed by atoms with Crippen molar-refractivity contribution >= 4 is 0 Å². The fraction of sp³-hybridized carbons (Fsp3) is 1.00. The summed E-state index contributed by atoms with van der Waals surface area (Å²) in [6, 6.07) is 0. The lowest BCUT2D eigenvalue weighted by molar-refractivity contribution is -0.117. The molecule has 0 amide bonds. The summed E-state index contributed by atoms with van der Waals surface area (Å²) < 4.78 is 5.79. The monoisotopic (exact) mass is 198 g/mol. The van der Waals surface area contributed by atoms with E-state index in [2.05, 4.69) is 0 Å². The van der Waals surface area contributed by atoms with Gasteiger partial charge < -0.3 is 9.84 Å². The lowest BCUT2D eigenvalue weighted by Gasteiger charge is -2.39. The minimum atomic E-state index is -0.472. The van der Waals surface area contributed by atoms with Crippen LogP contribution in [0.25, 0.3) is 0 Å². The Morgan fingerprint density at radius 2 is 1.93 bits per heavy atom. The van der Waals surface area contributed by atoms with E-state index in [0.717, 1.165) is 25.4 Å². The van der Waals surface area contributed by atoms with Crippen LogP contribution in [0.15, 0.2) is 0 Å². The van der Waals surface area contributed by atoms with Crippen molar-refractivity contribution in [2.45, 2.75) is 63.6 Å². The van der Waals surface area contributed by atoms with Crippen LogP contribution in [0.3, 0.4) is 0 Å². The van der Waals surface area contributed by atoms with Crippen molar-refractivity contribution in [3.05, 3.63) is 0 Å². The first-order chi connectivity index (χ1) is 6.67. The Hall–Kier alpha value is -0.0800. The predicted molar refractivity (Wildman–Crippen MR) is 56.2 cm³/mol. The van der Waals surface area contributed by atoms with Crippen molar-refractivity contribution in [1.29, 1.82) is 0 Å². The second-order valence-corrected chi connectivity index (χ2v) is 5.26. The van der Waals surface area contributed by atoms with Crippen LogP contribution in [-0.2, 0) is 4.74 Å². The summed E-state index contributed by atoms with van der Waals surface area (Å²) in [5, 5.41) is 10.00. The van der Waals surface area contributed by atoms with Gasteiger partial charge in [0.25, 0.3) is 0 Å². The van der Waals surface area contributed by atoms with E-state index in [0.29, 0.717) is 6.10 Å². The van der Waals surface area contributed by atoms with E-state index in [9.17, 15) is 5.11 Å². The fourth-order valence-electron chi connectivity index (χ4n) is 2.83. The molecule has 82 valence electrons. The van der Waals surface area contributed by atoms with Crippen LogP contribution < -0.4 is 0 Å². The zero-order chi connectivity index (χ0) is 10.0. The summed E-state index contributed by atoms with van der Waals surface area (Å²) in [5.41, 5.74) is -0.472. The van der Waals surface area contributed by atoms with E-state index in [-0.39, 0.29) is 0 Å². The molecule has 2 heteroatoms. The first kappa shape index (κ1) is 10.4. The molecule has 0 radical (unpaired) electrons. The van der Waals surface area contributed by atoms with Crippen molar-refractivity contribution in [3.63, 3.8) is 0 Å². The van der Waals surface area contributed by atoms with Crippen LogP contribution in [0.5, 0.6) is 0 Å². The maximum Gasteiger partial charge on any atom is 0.0666 e. The molecule has 1 saturated carbocycles. The Labute approximate surface area is 86.6 Å². The molecule has 1 aliphatic heterocycles. The van der Waals surface area contributed by atoms with Gasteiger partial charge in [-0.1, -0.05) is 19.3 Å². The summed E-state index contributed by atoms with van der Waals surface area (Å²) in [4.78, 5) is 0. The summed E-state index contributed by atoms with van der Waals surface area (Å²) in [6.45, 7) is 2.69. The number of aliphatic hydroxyl groups is 1. The third kappa shape index (κ3) is 2.48. The zero-order valence-corrected chi connectivity index (χ0v) is 9.17. The predicted octanol–water partition coefficient (Wildman–Crippen LogP) is 2.50. The highest BCUT2D eigenvalue weighted by Gasteiger charge is 2.35. The number of rotatable bonds is 1. The SMILES string of the molecule is CC1(O)CCOC(C2CCCCC2)C1. The van der Waals surface area contributed by atoms with Crippen molar-refractivity contribution in [2.24, 2.45) is 5.92 Å². The van der Waals surface area contributed by atoms with E-state index in [1.807, 2.05) is 6.92 Å². The van der Waals surface area contributed by atoms with Crippen molar-refractivity contribution < 1.29 is 9.84 Å². The number of ether oxygens (including phenoxy) is 1. The Morgan fingerprint density at radius 3 is 2.57 bits per heavy atom. The van der Waals surface area contributed by atoms with Gasteiger partial charge in [0, 0.05) is 13.0 Å². The van der Waals surface area contributed by atoms with Gasteiger partial charge in [0.15, 0.2) is 0 Å². The van der Waals surface area contributed by atoms with Crippen LogP contribution in [0, 0.1) is 5.92 Å². The zero-order valence-electron chi connectivity index (χ0n) is 9.17. The van der Waals surface area contributed by atoms with E-state index < -0.39 is 5.60 Å². The van der Waals surface area contributed by atoms with Gasteiger partial charge in [0.2, 0.25) is 0 Å². The van der Waals surface area contributed by atoms with Gasteiger partial charge in [-0.3, -0.25) is 0 Å². The summed E-state index contributed by atoms with van der Waals surface area (Å²) in [6.07, 6.45) is 8.69. The molecule has 2 unspecified atom stereocenters. The normalized spacial score (nSPS) is 41.1. The largest absolute Gasteiger partial charge is 0.390 e. The lowest BCUT2D eigenvalue weighted by Crippen LogP contribution is -2.42. The quantitative estimate of drug-likeness (QED) is 0.701. The van der Waals surface area contributed by atoms with Gasteiger partial charge in [0.1, 0.15) is 0 Å². The molecule has 0 spiro atoms. The summed E-state index contributed by atoms with van der Waals surface area (Å²) in [5.74, 6) is 0.718. The van der Waals surface area contributed by atoms with Crippen LogP contribution in [0.1, 0.15) is 51.9 Å². The molecule has 0 bridgehead atoms. The second-order valence-electron chi connectivity index (χ2n) is 5.26. The highest BCUT2D eigenvalue weighted by Crippen LogP contribution is 2.35. The highest BCUT2D eigenvalue weighted by molar-refractivity contribution is 4.86. The van der Waals surface area contributed by atoms with Crippen molar-refractivity contribution in [1.82, 2.24) is 0 Å². The third-order valence-electron chi connectivity index (χ3n) is 3.79. The van der Waals surface area contributed by atoms with Crippen molar-refractivity contribution in [3.8, 4) is 0 Å².